The number of hydrogen-bond acceptors (Lipinski definition) is 4. The minimum atomic E-state index is -3.86. The summed E-state index contributed by atoms with van der Waals surface area (Å²) < 4.78 is 28.1. The maximum atomic E-state index is 13.4. The highest BCUT2D eigenvalue weighted by atomic mass is 32.2. The van der Waals surface area contributed by atoms with Crippen LogP contribution in [0.3, 0.4) is 0 Å². The smallest absolute Gasteiger partial charge is 0.268 e. The first kappa shape index (κ1) is 17.3. The summed E-state index contributed by atoms with van der Waals surface area (Å²) >= 11 is 0. The number of aromatic nitrogens is 1. The fourth-order valence-electron chi connectivity index (χ4n) is 3.24. The lowest BCUT2D eigenvalue weighted by molar-refractivity contribution is -0.113. The molecule has 0 spiro atoms. The summed E-state index contributed by atoms with van der Waals surface area (Å²) in [6.45, 7) is 1.89. The van der Waals surface area contributed by atoms with E-state index >= 15 is 0 Å². The third-order valence-corrected chi connectivity index (χ3v) is 6.40. The standard InChI is InChI=1S/C21H17NO4S/c1-14-6-9-17(10-7-14)27(25,26)22-18-5-3-2-4-15(18)12-19(22)16-8-11-20(23)21(24)13-16/h2-13,16,24H,1H3. The summed E-state index contributed by atoms with van der Waals surface area (Å²) in [5.41, 5.74) is 1.98. The van der Waals surface area contributed by atoms with Gasteiger partial charge in [-0.3, -0.25) is 4.79 Å². The van der Waals surface area contributed by atoms with Gasteiger partial charge in [-0.05, 0) is 43.3 Å². The SMILES string of the molecule is Cc1ccc(S(=O)(=O)n2c(C3C=CC(=O)C(O)=C3)cc3ccccc32)cc1. The number of para-hydroxylation sites is 1. The van der Waals surface area contributed by atoms with Gasteiger partial charge in [0.2, 0.25) is 5.78 Å². The molecule has 0 aliphatic heterocycles. The van der Waals surface area contributed by atoms with E-state index in [-0.39, 0.29) is 10.7 Å². The Morgan fingerprint density at radius 1 is 1.04 bits per heavy atom. The van der Waals surface area contributed by atoms with Crippen molar-refractivity contribution >= 4 is 26.7 Å². The molecule has 0 fully saturated rings. The van der Waals surface area contributed by atoms with Crippen LogP contribution < -0.4 is 0 Å². The molecular formula is C21H17NO4S. The van der Waals surface area contributed by atoms with Crippen LogP contribution in [0.15, 0.2) is 83.5 Å². The summed E-state index contributed by atoms with van der Waals surface area (Å²) in [6.07, 6.45) is 4.23. The van der Waals surface area contributed by atoms with Gasteiger partial charge >= 0.3 is 0 Å². The summed E-state index contributed by atoms with van der Waals surface area (Å²) in [5, 5.41) is 10.6. The number of carbonyl (C=O) groups is 1. The van der Waals surface area contributed by atoms with Crippen LogP contribution in [0.4, 0.5) is 0 Å². The van der Waals surface area contributed by atoms with E-state index in [4.69, 9.17) is 0 Å². The zero-order chi connectivity index (χ0) is 19.2. The van der Waals surface area contributed by atoms with Gasteiger partial charge in [0.25, 0.3) is 10.0 Å². The van der Waals surface area contributed by atoms with Gasteiger partial charge in [-0.2, -0.15) is 0 Å². The molecule has 1 aliphatic carbocycles. The molecule has 136 valence electrons. The fourth-order valence-corrected chi connectivity index (χ4v) is 4.80. The predicted octanol–water partition coefficient (Wildman–Crippen LogP) is 3.85. The van der Waals surface area contributed by atoms with Crippen LogP contribution in [-0.4, -0.2) is 23.3 Å². The topological polar surface area (TPSA) is 76.4 Å². The van der Waals surface area contributed by atoms with E-state index in [0.29, 0.717) is 11.2 Å². The van der Waals surface area contributed by atoms with Crippen molar-refractivity contribution in [3.05, 3.63) is 89.8 Å². The van der Waals surface area contributed by atoms with Crippen molar-refractivity contribution in [2.45, 2.75) is 17.7 Å². The van der Waals surface area contributed by atoms with E-state index in [1.807, 2.05) is 19.1 Å². The molecule has 0 saturated carbocycles. The Hall–Kier alpha value is -3.12. The molecule has 1 aliphatic rings. The highest BCUT2D eigenvalue weighted by Gasteiger charge is 2.27. The molecule has 1 heterocycles. The third kappa shape index (κ3) is 2.88. The molecule has 1 atom stereocenters. The number of nitrogens with zero attached hydrogens (tertiary/aromatic N) is 1. The maximum absolute atomic E-state index is 13.4. The van der Waals surface area contributed by atoms with Gasteiger partial charge in [0.1, 0.15) is 0 Å². The summed E-state index contributed by atoms with van der Waals surface area (Å²) in [7, 11) is -3.86. The average molecular weight is 379 g/mol. The van der Waals surface area contributed by atoms with Gasteiger partial charge in [0, 0.05) is 17.0 Å². The number of fused-ring (bicyclic) bond motifs is 1. The highest BCUT2D eigenvalue weighted by molar-refractivity contribution is 7.90. The van der Waals surface area contributed by atoms with Crippen molar-refractivity contribution in [3.8, 4) is 0 Å². The summed E-state index contributed by atoms with van der Waals surface area (Å²) in [6, 6.07) is 15.6. The Morgan fingerprint density at radius 2 is 1.74 bits per heavy atom. The molecule has 6 heteroatoms. The maximum Gasteiger partial charge on any atom is 0.268 e. The second kappa shape index (κ2) is 6.25. The van der Waals surface area contributed by atoms with Crippen molar-refractivity contribution in [3.63, 3.8) is 0 Å². The van der Waals surface area contributed by atoms with E-state index in [9.17, 15) is 18.3 Å². The first-order valence-corrected chi connectivity index (χ1v) is 9.88. The number of rotatable bonds is 3. The van der Waals surface area contributed by atoms with Crippen molar-refractivity contribution in [1.82, 2.24) is 3.97 Å². The number of aliphatic hydroxyl groups excluding tert-OH is 1. The minimum absolute atomic E-state index is 0.180. The summed E-state index contributed by atoms with van der Waals surface area (Å²) in [4.78, 5) is 11.7. The molecule has 4 rings (SSSR count). The average Bonchev–Trinajstić information content (AvgIpc) is 3.04. The first-order chi connectivity index (χ1) is 12.9. The first-order valence-electron chi connectivity index (χ1n) is 8.44. The van der Waals surface area contributed by atoms with Crippen molar-refractivity contribution in [1.29, 1.82) is 0 Å². The van der Waals surface area contributed by atoms with Crippen LogP contribution in [0, 0.1) is 6.92 Å². The molecule has 0 radical (unpaired) electrons. The monoisotopic (exact) mass is 379 g/mol. The van der Waals surface area contributed by atoms with Crippen molar-refractivity contribution < 1.29 is 18.3 Å². The van der Waals surface area contributed by atoms with Gasteiger partial charge in [-0.25, -0.2) is 12.4 Å². The zero-order valence-corrected chi connectivity index (χ0v) is 15.3. The molecule has 5 nitrogen and oxygen atoms in total. The van der Waals surface area contributed by atoms with Crippen LogP contribution in [0.1, 0.15) is 17.2 Å². The number of allylic oxidation sites excluding steroid dienone is 3. The molecule has 1 N–H and O–H groups in total. The van der Waals surface area contributed by atoms with Gasteiger partial charge < -0.3 is 5.11 Å². The van der Waals surface area contributed by atoms with E-state index in [1.54, 1.807) is 48.5 Å². The molecule has 27 heavy (non-hydrogen) atoms. The normalized spacial score (nSPS) is 17.3. The van der Waals surface area contributed by atoms with Crippen LogP contribution >= 0.6 is 0 Å². The van der Waals surface area contributed by atoms with Gasteiger partial charge in [0.05, 0.1) is 10.4 Å². The lowest BCUT2D eigenvalue weighted by Crippen LogP contribution is -2.18. The number of ketones is 1. The Morgan fingerprint density at radius 3 is 2.44 bits per heavy atom. The highest BCUT2D eigenvalue weighted by Crippen LogP contribution is 2.33. The molecule has 0 saturated heterocycles. The van der Waals surface area contributed by atoms with Crippen molar-refractivity contribution in [2.75, 3.05) is 0 Å². The molecule has 1 aromatic heterocycles. The lowest BCUT2D eigenvalue weighted by atomic mass is 9.98. The van der Waals surface area contributed by atoms with Crippen LogP contribution in [0.25, 0.3) is 10.9 Å². The Bertz CT molecular complexity index is 1210. The lowest BCUT2D eigenvalue weighted by Gasteiger charge is -2.17. The van der Waals surface area contributed by atoms with Crippen molar-refractivity contribution in [2.24, 2.45) is 0 Å². The van der Waals surface area contributed by atoms with Crippen LogP contribution in [0.5, 0.6) is 0 Å². The molecule has 2 aromatic carbocycles. The number of hydrogen-bond donors (Lipinski definition) is 1. The Balaban J connectivity index is 1.98. The van der Waals surface area contributed by atoms with E-state index in [1.165, 1.54) is 16.1 Å². The second-order valence-corrected chi connectivity index (χ2v) is 8.30. The van der Waals surface area contributed by atoms with Gasteiger partial charge in [-0.1, -0.05) is 42.0 Å². The van der Waals surface area contributed by atoms with Gasteiger partial charge in [-0.15, -0.1) is 0 Å². The number of aliphatic hydroxyl groups is 1. The molecule has 3 aromatic rings. The van der Waals surface area contributed by atoms with E-state index < -0.39 is 21.7 Å². The molecule has 0 bridgehead atoms. The minimum Gasteiger partial charge on any atom is -0.504 e. The molecule has 1 unspecified atom stereocenters. The zero-order valence-electron chi connectivity index (χ0n) is 14.5. The number of carbonyl (C=O) groups excluding carboxylic acids is 1. The van der Waals surface area contributed by atoms with E-state index in [0.717, 1.165) is 10.9 Å². The predicted molar refractivity (Wildman–Crippen MR) is 103 cm³/mol. The molecular weight excluding hydrogens is 362 g/mol. The largest absolute Gasteiger partial charge is 0.504 e. The quantitative estimate of drug-likeness (QED) is 0.750. The third-order valence-electron chi connectivity index (χ3n) is 4.64. The molecule has 0 amide bonds. The Kier molecular flexibility index (Phi) is 4.00. The second-order valence-electron chi connectivity index (χ2n) is 6.51. The Labute approximate surface area is 156 Å². The van der Waals surface area contributed by atoms with E-state index in [2.05, 4.69) is 0 Å². The summed E-state index contributed by atoms with van der Waals surface area (Å²) in [5.74, 6) is -1.40. The fraction of sp³-hybridized carbons (Fsp3) is 0.0952. The number of benzene rings is 2. The van der Waals surface area contributed by atoms with Crippen LogP contribution in [-0.2, 0) is 14.8 Å². The van der Waals surface area contributed by atoms with Crippen LogP contribution in [0.2, 0.25) is 0 Å². The van der Waals surface area contributed by atoms with Gasteiger partial charge in [0.15, 0.2) is 5.76 Å². The number of aryl methyl sites for hydroxylation is 1.